The molecule has 164 valence electrons. The van der Waals surface area contributed by atoms with Gasteiger partial charge in [-0.1, -0.05) is 53.2 Å². The third kappa shape index (κ3) is 8.20. The number of hydrogen-bond acceptors (Lipinski definition) is 5. The maximum absolute atomic E-state index is 12.5. The van der Waals surface area contributed by atoms with Crippen molar-refractivity contribution in [1.82, 2.24) is 0 Å². The molecule has 0 saturated carbocycles. The lowest BCUT2D eigenvalue weighted by Crippen LogP contribution is -2.28. The Balaban J connectivity index is 1.77. The summed E-state index contributed by atoms with van der Waals surface area (Å²) < 4.78 is 28.2. The van der Waals surface area contributed by atoms with E-state index in [0.717, 1.165) is 10.5 Å². The van der Waals surface area contributed by atoms with E-state index >= 15 is 0 Å². The van der Waals surface area contributed by atoms with E-state index in [1.54, 1.807) is 20.8 Å². The fourth-order valence-corrected chi connectivity index (χ4v) is 4.03. The highest BCUT2D eigenvalue weighted by atomic mass is 79.9. The molecule has 0 N–H and O–H groups in total. The molecule has 0 aliphatic carbocycles. The third-order valence-electron chi connectivity index (χ3n) is 4.31. The number of hydrogen-bond donors (Lipinski definition) is 0. The van der Waals surface area contributed by atoms with E-state index in [9.17, 15) is 9.00 Å². The highest BCUT2D eigenvalue weighted by Gasteiger charge is 2.25. The highest BCUT2D eigenvalue weighted by Crippen LogP contribution is 2.23. The Morgan fingerprint density at radius 2 is 1.67 bits per heavy atom. The van der Waals surface area contributed by atoms with Crippen molar-refractivity contribution in [2.75, 3.05) is 19.0 Å². The monoisotopic (exact) mass is 496 g/mol. The van der Waals surface area contributed by atoms with Crippen LogP contribution in [0.2, 0.25) is 0 Å². The van der Waals surface area contributed by atoms with E-state index in [1.165, 1.54) is 0 Å². The van der Waals surface area contributed by atoms with E-state index in [1.807, 2.05) is 54.6 Å². The molecule has 2 aromatic rings. The molecule has 0 aliphatic rings. The second-order valence-corrected chi connectivity index (χ2v) is 10.9. The maximum Gasteiger partial charge on any atom is 0.322 e. The molecule has 0 aliphatic heterocycles. The van der Waals surface area contributed by atoms with Crippen LogP contribution in [0.25, 0.3) is 0 Å². The summed E-state index contributed by atoms with van der Waals surface area (Å²) in [7, 11) is -1.03. The summed E-state index contributed by atoms with van der Waals surface area (Å²) in [5.41, 5.74) is 1.10. The van der Waals surface area contributed by atoms with E-state index in [2.05, 4.69) is 22.9 Å². The lowest BCUT2D eigenvalue weighted by atomic mass is 10.0. The summed E-state index contributed by atoms with van der Waals surface area (Å²) in [5, 5.41) is 0. The van der Waals surface area contributed by atoms with Crippen molar-refractivity contribution in [3.05, 3.63) is 60.2 Å². The number of alkyl halides is 1. The van der Waals surface area contributed by atoms with Crippen LogP contribution in [0, 0.1) is 0 Å². The molecule has 0 aromatic heterocycles. The summed E-state index contributed by atoms with van der Waals surface area (Å²) in [4.78, 5) is 12.5. The predicted molar refractivity (Wildman–Crippen MR) is 123 cm³/mol. The zero-order valence-electron chi connectivity index (χ0n) is 17.8. The molecule has 2 rings (SSSR count). The van der Waals surface area contributed by atoms with Gasteiger partial charge in [-0.3, -0.25) is 9.00 Å². The predicted octanol–water partition coefficient (Wildman–Crippen LogP) is 5.06. The summed E-state index contributed by atoms with van der Waals surface area (Å²) >= 11 is 3.25. The number of carbonyl (C=O) groups excluding carboxylic acids is 1. The lowest BCUT2D eigenvalue weighted by Gasteiger charge is -2.18. The average molecular weight is 497 g/mol. The van der Waals surface area contributed by atoms with E-state index in [-0.39, 0.29) is 25.1 Å². The van der Waals surface area contributed by atoms with Crippen LogP contribution in [-0.2, 0) is 25.1 Å². The van der Waals surface area contributed by atoms with Crippen LogP contribution in [0.4, 0.5) is 0 Å². The molecule has 7 heteroatoms. The number of rotatable bonds is 11. The number of carbonyl (C=O) groups is 1. The molecule has 0 amide bonds. The quantitative estimate of drug-likeness (QED) is 0.188. The standard InChI is InChI=1S/C23H29BrO5S/c1-17(16-30(26)21-8-6-5-7-9-21)19-10-12-20(13-11-19)29-18(2)27-14-15-28-22(25)23(3,4)24/h5-13,17-18H,14-16H2,1-4H3. The van der Waals surface area contributed by atoms with Gasteiger partial charge < -0.3 is 14.2 Å². The van der Waals surface area contributed by atoms with Crippen molar-refractivity contribution in [2.45, 2.75) is 49.1 Å². The molecule has 3 atom stereocenters. The molecule has 30 heavy (non-hydrogen) atoms. The van der Waals surface area contributed by atoms with Crippen LogP contribution < -0.4 is 4.74 Å². The largest absolute Gasteiger partial charge is 0.465 e. The Bertz CT molecular complexity index is 818. The topological polar surface area (TPSA) is 61.8 Å². The van der Waals surface area contributed by atoms with Gasteiger partial charge in [0.2, 0.25) is 0 Å². The fourth-order valence-electron chi connectivity index (χ4n) is 2.61. The van der Waals surface area contributed by atoms with E-state index < -0.39 is 21.4 Å². The Hall–Kier alpha value is -1.70. The molecule has 0 bridgehead atoms. The van der Waals surface area contributed by atoms with Crippen LogP contribution in [-0.4, -0.2) is 39.8 Å². The van der Waals surface area contributed by atoms with E-state index in [4.69, 9.17) is 14.2 Å². The van der Waals surface area contributed by atoms with Gasteiger partial charge in [-0.15, -0.1) is 0 Å². The molecule has 5 nitrogen and oxygen atoms in total. The lowest BCUT2D eigenvalue weighted by molar-refractivity contribution is -0.150. The Kier molecular flexibility index (Phi) is 9.52. The molecule has 0 heterocycles. The summed E-state index contributed by atoms with van der Waals surface area (Å²) in [5.74, 6) is 1.06. The maximum atomic E-state index is 12.5. The van der Waals surface area contributed by atoms with Gasteiger partial charge >= 0.3 is 5.97 Å². The van der Waals surface area contributed by atoms with Crippen molar-refractivity contribution in [2.24, 2.45) is 0 Å². The van der Waals surface area contributed by atoms with Crippen LogP contribution in [0.5, 0.6) is 5.75 Å². The summed E-state index contributed by atoms with van der Waals surface area (Å²) in [6, 6.07) is 17.2. The van der Waals surface area contributed by atoms with Crippen LogP contribution in [0.3, 0.4) is 0 Å². The normalized spacial score (nSPS) is 14.6. The van der Waals surface area contributed by atoms with Crippen molar-refractivity contribution in [1.29, 1.82) is 0 Å². The van der Waals surface area contributed by atoms with Gasteiger partial charge in [0.25, 0.3) is 0 Å². The molecule has 3 unspecified atom stereocenters. The fraction of sp³-hybridized carbons (Fsp3) is 0.435. The third-order valence-corrected chi connectivity index (χ3v) is 6.24. The average Bonchev–Trinajstić information content (AvgIpc) is 2.71. The number of benzene rings is 2. The molecule has 0 radical (unpaired) electrons. The van der Waals surface area contributed by atoms with E-state index in [0.29, 0.717) is 11.5 Å². The minimum absolute atomic E-state index is 0.155. The molecule has 0 saturated heterocycles. The van der Waals surface area contributed by atoms with Gasteiger partial charge in [-0.2, -0.15) is 0 Å². The molecular weight excluding hydrogens is 468 g/mol. The zero-order chi connectivity index (χ0) is 22.1. The van der Waals surface area contributed by atoms with Crippen LogP contribution in [0.1, 0.15) is 39.2 Å². The first-order valence-electron chi connectivity index (χ1n) is 9.84. The second kappa shape index (κ2) is 11.6. The van der Waals surface area contributed by atoms with Gasteiger partial charge in [0.1, 0.15) is 16.7 Å². The van der Waals surface area contributed by atoms with Crippen molar-refractivity contribution in [3.63, 3.8) is 0 Å². The van der Waals surface area contributed by atoms with Crippen molar-refractivity contribution >= 4 is 32.7 Å². The van der Waals surface area contributed by atoms with Crippen LogP contribution in [0.15, 0.2) is 59.5 Å². The van der Waals surface area contributed by atoms with Gasteiger partial charge in [0, 0.05) is 10.6 Å². The Morgan fingerprint density at radius 1 is 1.03 bits per heavy atom. The minimum Gasteiger partial charge on any atom is -0.465 e. The first-order valence-corrected chi connectivity index (χ1v) is 12.0. The van der Waals surface area contributed by atoms with Gasteiger partial charge in [0.15, 0.2) is 6.29 Å². The first kappa shape index (κ1) is 24.6. The summed E-state index contributed by atoms with van der Waals surface area (Å²) in [6.45, 7) is 7.72. The summed E-state index contributed by atoms with van der Waals surface area (Å²) in [6.07, 6.45) is -0.477. The number of ether oxygens (including phenoxy) is 3. The molecule has 0 spiro atoms. The number of esters is 1. The van der Waals surface area contributed by atoms with Crippen molar-refractivity contribution < 1.29 is 23.2 Å². The molecule has 2 aromatic carbocycles. The Labute approximate surface area is 189 Å². The van der Waals surface area contributed by atoms with Gasteiger partial charge in [-0.25, -0.2) is 0 Å². The van der Waals surface area contributed by atoms with Crippen LogP contribution >= 0.6 is 15.9 Å². The highest BCUT2D eigenvalue weighted by molar-refractivity contribution is 9.10. The zero-order valence-corrected chi connectivity index (χ0v) is 20.2. The second-order valence-electron chi connectivity index (χ2n) is 7.46. The first-order chi connectivity index (χ1) is 14.2. The van der Waals surface area contributed by atoms with Crippen molar-refractivity contribution in [3.8, 4) is 5.75 Å². The smallest absolute Gasteiger partial charge is 0.322 e. The van der Waals surface area contributed by atoms with Gasteiger partial charge in [0.05, 0.1) is 17.4 Å². The molecule has 0 fully saturated rings. The molecular formula is C23H29BrO5S. The number of halogens is 1. The Morgan fingerprint density at radius 3 is 2.27 bits per heavy atom. The SMILES string of the molecule is CC(OCCOC(=O)C(C)(C)Br)Oc1ccc(C(C)CS(=O)c2ccccc2)cc1. The minimum atomic E-state index is -1.03. The van der Waals surface area contributed by atoms with Gasteiger partial charge in [-0.05, 0) is 56.5 Å².